The minimum atomic E-state index is -0.348. The van der Waals surface area contributed by atoms with Crippen LogP contribution in [0.1, 0.15) is 58.2 Å². The van der Waals surface area contributed by atoms with E-state index in [-0.39, 0.29) is 5.41 Å². The maximum atomic E-state index is 6.10. The molecule has 0 bridgehead atoms. The van der Waals surface area contributed by atoms with E-state index in [0.717, 1.165) is 36.8 Å². The third kappa shape index (κ3) is 3.74. The van der Waals surface area contributed by atoms with Gasteiger partial charge in [0.25, 0.3) is 0 Å². The van der Waals surface area contributed by atoms with Crippen molar-refractivity contribution in [3.63, 3.8) is 0 Å². The molecule has 7 aromatic rings. The van der Waals surface area contributed by atoms with Crippen LogP contribution in [0.25, 0.3) is 55.8 Å². The van der Waals surface area contributed by atoms with Gasteiger partial charge in [-0.1, -0.05) is 103 Å². The van der Waals surface area contributed by atoms with Crippen molar-refractivity contribution >= 4 is 39.3 Å². The van der Waals surface area contributed by atoms with Crippen LogP contribution in [0.15, 0.2) is 150 Å². The van der Waals surface area contributed by atoms with Crippen molar-refractivity contribution in [3.8, 4) is 22.3 Å². The molecule has 0 aliphatic heterocycles. The van der Waals surface area contributed by atoms with E-state index in [1.54, 1.807) is 0 Å². The van der Waals surface area contributed by atoms with Crippen LogP contribution >= 0.6 is 0 Å². The molecule has 50 heavy (non-hydrogen) atoms. The fourth-order valence-corrected chi connectivity index (χ4v) is 9.50. The predicted octanol–water partition coefficient (Wildman–Crippen LogP) is 12.1. The molecule has 4 aliphatic carbocycles. The van der Waals surface area contributed by atoms with Gasteiger partial charge in [-0.2, -0.15) is 0 Å². The lowest BCUT2D eigenvalue weighted by Crippen LogP contribution is -2.27. The van der Waals surface area contributed by atoms with Crippen molar-refractivity contribution in [2.24, 2.45) is 0 Å². The number of allylic oxidation sites excluding steroid dienone is 5. The van der Waals surface area contributed by atoms with E-state index in [9.17, 15) is 0 Å². The number of benzene rings is 6. The number of aryl methyl sites for hydroxylation is 1. The van der Waals surface area contributed by atoms with Crippen LogP contribution in [0.4, 0.5) is 5.69 Å². The SMILES string of the molecule is CN(C1=CC=C(c2ccc3oc4ccccc4c3c2)CC1)c1ccc2c(c1)C1(c3ccccc3-2)c2ccccc2-c2cc3c(cc21)C=CCC3. The number of furan rings is 1. The van der Waals surface area contributed by atoms with Crippen LogP contribution in [-0.2, 0) is 11.8 Å². The zero-order chi connectivity index (χ0) is 33.0. The standard InChI is InChI=1S/C48H35NO/c1-49(34-21-18-30(19-22-34)33-20-25-47-41(27-33)39-14-6-9-17-46(39)50-47)35-23-24-38-36-12-4-7-15-42(36)48(45(38)29-35)43-16-8-5-13-37(43)40-26-31-10-2-3-11-32(31)28-44(40)48/h3-9,11-18,20-21,23-29H,2,10,19,22H2,1H3. The Morgan fingerprint density at radius 2 is 1.32 bits per heavy atom. The Bertz CT molecular complexity index is 2680. The molecule has 4 aliphatic rings. The molecule has 0 radical (unpaired) electrons. The predicted molar refractivity (Wildman–Crippen MR) is 208 cm³/mol. The second kappa shape index (κ2) is 10.3. The summed E-state index contributed by atoms with van der Waals surface area (Å²) in [6, 6.07) is 45.5. The maximum Gasteiger partial charge on any atom is 0.135 e. The molecular formula is C48H35NO. The highest BCUT2D eigenvalue weighted by molar-refractivity contribution is 6.06. The highest BCUT2D eigenvalue weighted by atomic mass is 16.3. The summed E-state index contributed by atoms with van der Waals surface area (Å²) in [4.78, 5) is 2.41. The molecule has 0 amide bonds. The first-order valence-corrected chi connectivity index (χ1v) is 17.9. The average Bonchev–Trinajstić information content (AvgIpc) is 3.80. The molecule has 11 rings (SSSR count). The van der Waals surface area contributed by atoms with Crippen LogP contribution in [0.5, 0.6) is 0 Å². The lowest BCUT2D eigenvalue weighted by atomic mass is 9.70. The van der Waals surface area contributed by atoms with Crippen molar-refractivity contribution in [2.75, 3.05) is 11.9 Å². The molecule has 238 valence electrons. The van der Waals surface area contributed by atoms with Gasteiger partial charge >= 0.3 is 0 Å². The number of fused-ring (bicyclic) bond motifs is 14. The first-order chi connectivity index (χ1) is 24.7. The normalized spacial score (nSPS) is 18.0. The summed E-state index contributed by atoms with van der Waals surface area (Å²) in [7, 11) is 2.24. The number of hydrogen-bond donors (Lipinski definition) is 0. The largest absolute Gasteiger partial charge is 0.456 e. The Morgan fingerprint density at radius 1 is 0.580 bits per heavy atom. The highest BCUT2D eigenvalue weighted by Gasteiger charge is 2.52. The fraction of sp³-hybridized carbons (Fsp3) is 0.125. The Morgan fingerprint density at radius 3 is 2.16 bits per heavy atom. The summed E-state index contributed by atoms with van der Waals surface area (Å²) in [6.45, 7) is 0. The lowest BCUT2D eigenvalue weighted by Gasteiger charge is -2.32. The fourth-order valence-electron chi connectivity index (χ4n) is 9.50. The smallest absolute Gasteiger partial charge is 0.135 e. The molecule has 0 saturated carbocycles. The lowest BCUT2D eigenvalue weighted by molar-refractivity contribution is 0.669. The summed E-state index contributed by atoms with van der Waals surface area (Å²) in [6.07, 6.45) is 13.5. The van der Waals surface area contributed by atoms with Crippen molar-refractivity contribution in [1.82, 2.24) is 0 Å². The van der Waals surface area contributed by atoms with Crippen LogP contribution in [0, 0.1) is 0 Å². The second-order valence-corrected chi connectivity index (χ2v) is 14.3. The van der Waals surface area contributed by atoms with Crippen LogP contribution in [-0.4, -0.2) is 7.05 Å². The average molecular weight is 642 g/mol. The van der Waals surface area contributed by atoms with E-state index in [2.05, 4.69) is 145 Å². The second-order valence-electron chi connectivity index (χ2n) is 14.3. The number of anilines is 1. The zero-order valence-corrected chi connectivity index (χ0v) is 28.0. The Labute approximate surface area is 292 Å². The number of para-hydroxylation sites is 1. The van der Waals surface area contributed by atoms with Gasteiger partial charge in [-0.3, -0.25) is 0 Å². The first kappa shape index (κ1) is 28.0. The van der Waals surface area contributed by atoms with E-state index in [0.29, 0.717) is 0 Å². The summed E-state index contributed by atoms with van der Waals surface area (Å²) in [5, 5.41) is 2.36. The Balaban J connectivity index is 1.03. The minimum Gasteiger partial charge on any atom is -0.456 e. The summed E-state index contributed by atoms with van der Waals surface area (Å²) < 4.78 is 6.10. The Kier molecular flexibility index (Phi) is 5.79. The maximum absolute atomic E-state index is 6.10. The third-order valence-corrected chi connectivity index (χ3v) is 11.9. The molecule has 1 spiro atoms. The van der Waals surface area contributed by atoms with E-state index in [1.165, 1.54) is 88.9 Å². The molecule has 2 heteroatoms. The van der Waals surface area contributed by atoms with Crippen molar-refractivity contribution in [3.05, 3.63) is 184 Å². The molecular weight excluding hydrogens is 607 g/mol. The number of rotatable bonds is 3. The van der Waals surface area contributed by atoms with E-state index < -0.39 is 0 Å². The zero-order valence-electron chi connectivity index (χ0n) is 28.0. The van der Waals surface area contributed by atoms with Gasteiger partial charge in [0.15, 0.2) is 0 Å². The van der Waals surface area contributed by atoms with Gasteiger partial charge in [-0.25, -0.2) is 0 Å². The molecule has 1 atom stereocenters. The van der Waals surface area contributed by atoms with Crippen LogP contribution in [0.3, 0.4) is 0 Å². The highest BCUT2D eigenvalue weighted by Crippen LogP contribution is 2.63. The molecule has 0 saturated heterocycles. The summed E-state index contributed by atoms with van der Waals surface area (Å²) >= 11 is 0. The number of nitrogens with zero attached hydrogens (tertiary/aromatic N) is 1. The van der Waals surface area contributed by atoms with Gasteiger partial charge in [0.1, 0.15) is 11.2 Å². The molecule has 2 nitrogen and oxygen atoms in total. The monoisotopic (exact) mass is 641 g/mol. The summed E-state index contributed by atoms with van der Waals surface area (Å²) in [5.74, 6) is 0. The van der Waals surface area contributed by atoms with Gasteiger partial charge in [-0.15, -0.1) is 0 Å². The van der Waals surface area contributed by atoms with Crippen molar-refractivity contribution in [2.45, 2.75) is 31.1 Å². The van der Waals surface area contributed by atoms with Gasteiger partial charge in [0.2, 0.25) is 0 Å². The van der Waals surface area contributed by atoms with E-state index >= 15 is 0 Å². The van der Waals surface area contributed by atoms with Gasteiger partial charge in [-0.05, 0) is 135 Å². The van der Waals surface area contributed by atoms with Gasteiger partial charge in [0, 0.05) is 29.2 Å². The molecule has 0 N–H and O–H groups in total. The quantitative estimate of drug-likeness (QED) is 0.191. The summed E-state index contributed by atoms with van der Waals surface area (Å²) in [5.41, 5.74) is 20.6. The van der Waals surface area contributed by atoms with Crippen molar-refractivity contribution < 1.29 is 4.42 Å². The van der Waals surface area contributed by atoms with Gasteiger partial charge in [0.05, 0.1) is 5.41 Å². The minimum absolute atomic E-state index is 0.348. The number of hydrogen-bond acceptors (Lipinski definition) is 2. The van der Waals surface area contributed by atoms with E-state index in [1.807, 2.05) is 12.1 Å². The Hall–Kier alpha value is -5.86. The molecule has 1 aromatic heterocycles. The van der Waals surface area contributed by atoms with E-state index in [4.69, 9.17) is 4.42 Å². The first-order valence-electron chi connectivity index (χ1n) is 17.9. The van der Waals surface area contributed by atoms with Crippen LogP contribution in [0.2, 0.25) is 0 Å². The topological polar surface area (TPSA) is 16.4 Å². The third-order valence-electron chi connectivity index (χ3n) is 11.9. The molecule has 0 fully saturated rings. The molecule has 1 heterocycles. The molecule has 6 aromatic carbocycles. The van der Waals surface area contributed by atoms with Crippen molar-refractivity contribution in [1.29, 1.82) is 0 Å². The van der Waals surface area contributed by atoms with Gasteiger partial charge < -0.3 is 9.32 Å². The molecule has 1 unspecified atom stereocenters. The van der Waals surface area contributed by atoms with Crippen LogP contribution < -0.4 is 4.90 Å².